The zero-order valence-corrected chi connectivity index (χ0v) is 12.5. The number of rotatable bonds is 4. The van der Waals surface area contributed by atoms with Gasteiger partial charge in [-0.15, -0.1) is 0 Å². The normalized spacial score (nSPS) is 21.5. The quantitative estimate of drug-likeness (QED) is 0.918. The van der Waals surface area contributed by atoms with Crippen LogP contribution in [0.15, 0.2) is 18.2 Å². The molecule has 116 valence electrons. The van der Waals surface area contributed by atoms with E-state index in [0.29, 0.717) is 25.0 Å². The first-order chi connectivity index (χ1) is 10.1. The van der Waals surface area contributed by atoms with E-state index in [1.54, 1.807) is 13.0 Å². The molecule has 0 aromatic heterocycles. The maximum Gasteiger partial charge on any atom is 0.165 e. The molecule has 1 N–H and O–H groups in total. The zero-order valence-electron chi connectivity index (χ0n) is 12.5. The van der Waals surface area contributed by atoms with Crippen LogP contribution < -0.4 is 4.74 Å². The third-order valence-electron chi connectivity index (χ3n) is 4.08. The maximum atomic E-state index is 13.9. The summed E-state index contributed by atoms with van der Waals surface area (Å²) in [4.78, 5) is 12.2. The SMILES string of the molecule is CCOc1ccc(C(O)C2CCCCCCC2=O)cc1F. The van der Waals surface area contributed by atoms with Crippen molar-refractivity contribution in [1.82, 2.24) is 0 Å². The second kappa shape index (κ2) is 7.55. The van der Waals surface area contributed by atoms with Crippen LogP contribution in [0.5, 0.6) is 5.75 Å². The molecular formula is C17H23FO3. The molecule has 1 aliphatic carbocycles. The summed E-state index contributed by atoms with van der Waals surface area (Å²) in [6.45, 7) is 2.18. The third-order valence-corrected chi connectivity index (χ3v) is 4.08. The van der Waals surface area contributed by atoms with E-state index in [1.807, 2.05) is 0 Å². The lowest BCUT2D eigenvalue weighted by atomic mass is 9.83. The maximum absolute atomic E-state index is 13.9. The van der Waals surface area contributed by atoms with Gasteiger partial charge in [0.15, 0.2) is 11.6 Å². The first-order valence-corrected chi connectivity index (χ1v) is 7.76. The Hall–Kier alpha value is -1.42. The number of hydrogen-bond acceptors (Lipinski definition) is 3. The van der Waals surface area contributed by atoms with Crippen LogP contribution in [0.1, 0.15) is 57.1 Å². The average Bonchev–Trinajstić information content (AvgIpc) is 2.45. The van der Waals surface area contributed by atoms with Gasteiger partial charge in [-0.05, 0) is 37.5 Å². The van der Waals surface area contributed by atoms with Crippen LogP contribution in [0, 0.1) is 11.7 Å². The van der Waals surface area contributed by atoms with Gasteiger partial charge in [-0.3, -0.25) is 4.79 Å². The summed E-state index contributed by atoms with van der Waals surface area (Å²) in [7, 11) is 0. The second-order valence-corrected chi connectivity index (χ2v) is 5.59. The topological polar surface area (TPSA) is 46.5 Å². The Balaban J connectivity index is 2.15. The standard InChI is InChI=1S/C17H23FO3/c1-2-21-16-10-9-12(11-14(16)18)17(20)13-7-5-3-4-6-8-15(13)19/h9-11,13,17,20H,2-8H2,1H3. The summed E-state index contributed by atoms with van der Waals surface area (Å²) in [6, 6.07) is 4.44. The Kier molecular flexibility index (Phi) is 5.74. The first kappa shape index (κ1) is 16.0. The Morgan fingerprint density at radius 3 is 2.81 bits per heavy atom. The predicted octanol–water partition coefficient (Wildman–Crippen LogP) is 3.80. The van der Waals surface area contributed by atoms with Crippen LogP contribution in [-0.2, 0) is 4.79 Å². The average molecular weight is 294 g/mol. The number of ether oxygens (including phenoxy) is 1. The largest absolute Gasteiger partial charge is 0.491 e. The molecule has 0 spiro atoms. The van der Waals surface area contributed by atoms with E-state index in [1.165, 1.54) is 12.1 Å². The van der Waals surface area contributed by atoms with Crippen molar-refractivity contribution in [1.29, 1.82) is 0 Å². The Morgan fingerprint density at radius 2 is 2.10 bits per heavy atom. The molecule has 0 heterocycles. The molecule has 1 aromatic rings. The van der Waals surface area contributed by atoms with Crippen molar-refractivity contribution < 1.29 is 19.0 Å². The van der Waals surface area contributed by atoms with Gasteiger partial charge in [0.05, 0.1) is 12.7 Å². The van der Waals surface area contributed by atoms with E-state index < -0.39 is 17.8 Å². The fraction of sp³-hybridized carbons (Fsp3) is 0.588. The summed E-state index contributed by atoms with van der Waals surface area (Å²) < 4.78 is 19.0. The monoisotopic (exact) mass is 294 g/mol. The third kappa shape index (κ3) is 4.03. The number of carbonyl (C=O) groups is 1. The summed E-state index contributed by atoms with van der Waals surface area (Å²) in [5.74, 6) is -0.636. The van der Waals surface area contributed by atoms with E-state index in [4.69, 9.17) is 4.74 Å². The number of hydrogen-bond donors (Lipinski definition) is 1. The summed E-state index contributed by atoms with van der Waals surface area (Å²) >= 11 is 0. The van der Waals surface area contributed by atoms with Crippen LogP contribution in [0.25, 0.3) is 0 Å². The molecule has 1 aliphatic rings. The molecule has 0 saturated heterocycles. The highest BCUT2D eigenvalue weighted by atomic mass is 19.1. The zero-order chi connectivity index (χ0) is 15.2. The van der Waals surface area contributed by atoms with E-state index in [-0.39, 0.29) is 11.5 Å². The van der Waals surface area contributed by atoms with Gasteiger partial charge in [-0.1, -0.05) is 25.3 Å². The summed E-state index contributed by atoms with van der Waals surface area (Å²) in [5.41, 5.74) is 0.454. The van der Waals surface area contributed by atoms with Crippen LogP contribution >= 0.6 is 0 Å². The second-order valence-electron chi connectivity index (χ2n) is 5.59. The highest BCUT2D eigenvalue weighted by Gasteiger charge is 2.28. The molecule has 2 atom stereocenters. The van der Waals surface area contributed by atoms with Crippen molar-refractivity contribution in [3.8, 4) is 5.75 Å². The predicted molar refractivity (Wildman–Crippen MR) is 78.7 cm³/mol. The van der Waals surface area contributed by atoms with Gasteiger partial charge >= 0.3 is 0 Å². The minimum absolute atomic E-state index is 0.0940. The van der Waals surface area contributed by atoms with Crippen molar-refractivity contribution in [2.24, 2.45) is 5.92 Å². The van der Waals surface area contributed by atoms with Crippen molar-refractivity contribution in [2.75, 3.05) is 6.61 Å². The first-order valence-electron chi connectivity index (χ1n) is 7.76. The number of aliphatic hydroxyl groups is 1. The van der Waals surface area contributed by atoms with Crippen molar-refractivity contribution in [3.05, 3.63) is 29.6 Å². The van der Waals surface area contributed by atoms with Gasteiger partial charge in [-0.25, -0.2) is 4.39 Å². The molecule has 0 amide bonds. The van der Waals surface area contributed by atoms with E-state index >= 15 is 0 Å². The molecule has 2 unspecified atom stereocenters. The lowest BCUT2D eigenvalue weighted by Crippen LogP contribution is -2.23. The van der Waals surface area contributed by atoms with E-state index in [9.17, 15) is 14.3 Å². The van der Waals surface area contributed by atoms with Gasteiger partial charge in [0.2, 0.25) is 0 Å². The molecule has 1 saturated carbocycles. The van der Waals surface area contributed by atoms with E-state index in [0.717, 1.165) is 25.7 Å². The molecule has 4 heteroatoms. The van der Waals surface area contributed by atoms with Crippen LogP contribution in [0.4, 0.5) is 4.39 Å². The van der Waals surface area contributed by atoms with Crippen LogP contribution in [-0.4, -0.2) is 17.5 Å². The number of ketones is 1. The summed E-state index contributed by atoms with van der Waals surface area (Å²) in [6.07, 6.45) is 4.25. The Morgan fingerprint density at radius 1 is 1.33 bits per heavy atom. The lowest BCUT2D eigenvalue weighted by Gasteiger charge is -2.24. The van der Waals surface area contributed by atoms with Crippen molar-refractivity contribution >= 4 is 5.78 Å². The molecular weight excluding hydrogens is 271 g/mol. The highest BCUT2D eigenvalue weighted by Crippen LogP contribution is 2.32. The minimum Gasteiger partial charge on any atom is -0.491 e. The Bertz CT molecular complexity index is 487. The minimum atomic E-state index is -0.930. The van der Waals surface area contributed by atoms with Crippen LogP contribution in [0.3, 0.4) is 0 Å². The van der Waals surface area contributed by atoms with Gasteiger partial charge in [-0.2, -0.15) is 0 Å². The number of halogens is 1. The number of Topliss-reactive ketones (excluding diaryl/α,β-unsaturated/α-hetero) is 1. The lowest BCUT2D eigenvalue weighted by molar-refractivity contribution is -0.127. The molecule has 21 heavy (non-hydrogen) atoms. The number of benzene rings is 1. The molecule has 0 bridgehead atoms. The molecule has 1 fully saturated rings. The molecule has 3 nitrogen and oxygen atoms in total. The fourth-order valence-corrected chi connectivity index (χ4v) is 2.90. The van der Waals surface area contributed by atoms with Gasteiger partial charge in [0, 0.05) is 12.3 Å². The van der Waals surface area contributed by atoms with Gasteiger partial charge in [0.1, 0.15) is 5.78 Å². The summed E-state index contributed by atoms with van der Waals surface area (Å²) in [5, 5.41) is 10.4. The Labute approximate surface area is 125 Å². The highest BCUT2D eigenvalue weighted by molar-refractivity contribution is 5.81. The number of carbonyl (C=O) groups excluding carboxylic acids is 1. The molecule has 0 radical (unpaired) electrons. The molecule has 1 aromatic carbocycles. The number of aliphatic hydroxyl groups excluding tert-OH is 1. The molecule has 0 aliphatic heterocycles. The van der Waals surface area contributed by atoms with Crippen molar-refractivity contribution in [3.63, 3.8) is 0 Å². The van der Waals surface area contributed by atoms with Gasteiger partial charge < -0.3 is 9.84 Å². The molecule has 2 rings (SSSR count). The van der Waals surface area contributed by atoms with E-state index in [2.05, 4.69) is 0 Å². The van der Waals surface area contributed by atoms with Crippen LogP contribution in [0.2, 0.25) is 0 Å². The fourth-order valence-electron chi connectivity index (χ4n) is 2.90. The van der Waals surface area contributed by atoms with Gasteiger partial charge in [0.25, 0.3) is 0 Å². The van der Waals surface area contributed by atoms with Crippen molar-refractivity contribution in [2.45, 2.75) is 51.6 Å². The smallest absolute Gasteiger partial charge is 0.165 e.